The van der Waals surface area contributed by atoms with Gasteiger partial charge in [0.15, 0.2) is 0 Å². The molecule has 1 aliphatic rings. The van der Waals surface area contributed by atoms with Gasteiger partial charge in [0.05, 0.1) is 5.02 Å². The van der Waals surface area contributed by atoms with Crippen molar-refractivity contribution in [2.75, 3.05) is 13.1 Å². The van der Waals surface area contributed by atoms with E-state index in [0.29, 0.717) is 0 Å². The average molecular weight is 282 g/mol. The lowest BCUT2D eigenvalue weighted by Gasteiger charge is -2.00. The Morgan fingerprint density at radius 1 is 1.17 bits per heavy atom. The molecule has 1 aromatic carbocycles. The van der Waals surface area contributed by atoms with E-state index in [-0.39, 0.29) is 10.8 Å². The summed E-state index contributed by atoms with van der Waals surface area (Å²) < 4.78 is 13.2. The van der Waals surface area contributed by atoms with E-state index in [1.165, 1.54) is 21.4 Å². The molecule has 1 nitrogen and oxygen atoms in total. The molecule has 1 N–H and O–H groups in total. The van der Waals surface area contributed by atoms with Crippen LogP contribution in [-0.2, 0) is 12.8 Å². The first kappa shape index (κ1) is 12.2. The second-order valence-electron chi connectivity index (χ2n) is 4.44. The molecule has 1 aliphatic heterocycles. The number of hydrogen-bond donors (Lipinski definition) is 1. The molecule has 2 aromatic rings. The lowest BCUT2D eigenvalue weighted by molar-refractivity contribution is 0.628. The number of fused-ring (bicyclic) bond motifs is 1. The molecular weight excluding hydrogens is 269 g/mol. The maximum absolute atomic E-state index is 13.2. The van der Waals surface area contributed by atoms with E-state index in [1.807, 2.05) is 0 Å². The third kappa shape index (κ3) is 2.30. The first-order chi connectivity index (χ1) is 8.74. The van der Waals surface area contributed by atoms with Gasteiger partial charge < -0.3 is 5.32 Å². The third-order valence-electron chi connectivity index (χ3n) is 3.20. The van der Waals surface area contributed by atoms with Crippen LogP contribution in [0.3, 0.4) is 0 Å². The van der Waals surface area contributed by atoms with E-state index in [4.69, 9.17) is 11.6 Å². The second kappa shape index (κ2) is 5.00. The van der Waals surface area contributed by atoms with Crippen LogP contribution in [0.1, 0.15) is 10.4 Å². The van der Waals surface area contributed by atoms with Crippen LogP contribution in [0.4, 0.5) is 4.39 Å². The van der Waals surface area contributed by atoms with Crippen LogP contribution in [-0.4, -0.2) is 13.1 Å². The monoisotopic (exact) mass is 281 g/mol. The van der Waals surface area contributed by atoms with Crippen LogP contribution in [0.5, 0.6) is 0 Å². The predicted octanol–water partition coefficient (Wildman–Crippen LogP) is 3.90. The summed E-state index contributed by atoms with van der Waals surface area (Å²) in [6, 6.07) is 7.16. The number of halogens is 2. The van der Waals surface area contributed by atoms with Gasteiger partial charge in [-0.2, -0.15) is 0 Å². The number of rotatable bonds is 1. The van der Waals surface area contributed by atoms with E-state index >= 15 is 0 Å². The number of hydrogen-bond acceptors (Lipinski definition) is 2. The summed E-state index contributed by atoms with van der Waals surface area (Å²) in [5, 5.41) is 3.58. The Balaban J connectivity index is 1.99. The van der Waals surface area contributed by atoms with Crippen LogP contribution in [0.15, 0.2) is 24.3 Å². The molecule has 0 fully saturated rings. The summed E-state index contributed by atoms with van der Waals surface area (Å²) in [6.07, 6.45) is 2.15. The van der Waals surface area contributed by atoms with Gasteiger partial charge in [-0.15, -0.1) is 11.3 Å². The van der Waals surface area contributed by atoms with Gasteiger partial charge in [0.1, 0.15) is 5.82 Å². The van der Waals surface area contributed by atoms with Crippen LogP contribution < -0.4 is 5.32 Å². The Morgan fingerprint density at radius 2 is 2.00 bits per heavy atom. The molecule has 3 rings (SSSR count). The highest BCUT2D eigenvalue weighted by molar-refractivity contribution is 7.15. The smallest absolute Gasteiger partial charge is 0.141 e. The van der Waals surface area contributed by atoms with E-state index in [2.05, 4.69) is 11.4 Å². The van der Waals surface area contributed by atoms with Crippen molar-refractivity contribution in [3.63, 3.8) is 0 Å². The van der Waals surface area contributed by atoms with Crippen molar-refractivity contribution >= 4 is 22.9 Å². The summed E-state index contributed by atoms with van der Waals surface area (Å²) in [6.45, 7) is 2.07. The van der Waals surface area contributed by atoms with Crippen LogP contribution in [0, 0.1) is 5.82 Å². The SMILES string of the molecule is Fc1ccc(-c2cc3c(s2)CCNCC3)cc1Cl. The van der Waals surface area contributed by atoms with Crippen molar-refractivity contribution in [1.82, 2.24) is 5.32 Å². The molecule has 94 valence electrons. The Morgan fingerprint density at radius 3 is 2.83 bits per heavy atom. The summed E-state index contributed by atoms with van der Waals surface area (Å²) in [4.78, 5) is 2.62. The molecule has 0 radical (unpaired) electrons. The van der Waals surface area contributed by atoms with Gasteiger partial charge in [0.25, 0.3) is 0 Å². The van der Waals surface area contributed by atoms with Gasteiger partial charge in [-0.05, 0) is 55.3 Å². The van der Waals surface area contributed by atoms with Crippen molar-refractivity contribution in [2.24, 2.45) is 0 Å². The molecule has 0 bridgehead atoms. The zero-order valence-electron chi connectivity index (χ0n) is 9.80. The highest BCUT2D eigenvalue weighted by Gasteiger charge is 2.13. The highest BCUT2D eigenvalue weighted by Crippen LogP contribution is 2.34. The summed E-state index contributed by atoms with van der Waals surface area (Å²) in [5.41, 5.74) is 2.42. The average Bonchev–Trinajstić information content (AvgIpc) is 2.64. The Bertz CT molecular complexity index is 556. The molecule has 0 aliphatic carbocycles. The zero-order chi connectivity index (χ0) is 12.5. The molecule has 0 amide bonds. The maximum atomic E-state index is 13.2. The molecule has 0 atom stereocenters. The number of benzene rings is 1. The molecule has 18 heavy (non-hydrogen) atoms. The van der Waals surface area contributed by atoms with Gasteiger partial charge in [-0.1, -0.05) is 17.7 Å². The van der Waals surface area contributed by atoms with Gasteiger partial charge >= 0.3 is 0 Å². The molecule has 0 saturated carbocycles. The van der Waals surface area contributed by atoms with Crippen LogP contribution in [0.25, 0.3) is 10.4 Å². The highest BCUT2D eigenvalue weighted by atomic mass is 35.5. The molecule has 4 heteroatoms. The van der Waals surface area contributed by atoms with Gasteiger partial charge in [0.2, 0.25) is 0 Å². The predicted molar refractivity (Wildman–Crippen MR) is 75.0 cm³/mol. The first-order valence-electron chi connectivity index (χ1n) is 6.02. The van der Waals surface area contributed by atoms with E-state index in [9.17, 15) is 4.39 Å². The molecular formula is C14H13ClFNS. The largest absolute Gasteiger partial charge is 0.316 e. The van der Waals surface area contributed by atoms with E-state index in [1.54, 1.807) is 23.5 Å². The minimum absolute atomic E-state index is 0.192. The molecule has 0 saturated heterocycles. The fraction of sp³-hybridized carbons (Fsp3) is 0.286. The Labute approximate surface area is 115 Å². The molecule has 0 spiro atoms. The third-order valence-corrected chi connectivity index (χ3v) is 4.78. The maximum Gasteiger partial charge on any atom is 0.141 e. The molecule has 0 unspecified atom stereocenters. The van der Waals surface area contributed by atoms with Crippen LogP contribution >= 0.6 is 22.9 Å². The Kier molecular flexibility index (Phi) is 3.37. The normalized spacial score (nSPS) is 15.2. The van der Waals surface area contributed by atoms with E-state index < -0.39 is 0 Å². The van der Waals surface area contributed by atoms with Gasteiger partial charge in [0, 0.05) is 9.75 Å². The summed E-state index contributed by atoms with van der Waals surface area (Å²) in [7, 11) is 0. The van der Waals surface area contributed by atoms with Gasteiger partial charge in [-0.3, -0.25) is 0 Å². The zero-order valence-corrected chi connectivity index (χ0v) is 11.4. The van der Waals surface area contributed by atoms with Crippen molar-refractivity contribution < 1.29 is 4.39 Å². The Hall–Kier alpha value is -0.900. The van der Waals surface area contributed by atoms with Crippen molar-refractivity contribution in [3.8, 4) is 10.4 Å². The standard InChI is InChI=1S/C14H13ClFNS/c15-11-7-9(1-2-12(11)16)14-8-10-3-5-17-6-4-13(10)18-14/h1-2,7-8,17H,3-6H2. The minimum atomic E-state index is -0.359. The second-order valence-corrected chi connectivity index (χ2v) is 5.98. The number of nitrogens with one attached hydrogen (secondary N) is 1. The summed E-state index contributed by atoms with van der Waals surface area (Å²) in [5.74, 6) is -0.359. The number of thiophene rings is 1. The van der Waals surface area contributed by atoms with E-state index in [0.717, 1.165) is 31.5 Å². The first-order valence-corrected chi connectivity index (χ1v) is 7.21. The molecule has 1 aromatic heterocycles. The van der Waals surface area contributed by atoms with Crippen LogP contribution in [0.2, 0.25) is 5.02 Å². The van der Waals surface area contributed by atoms with Crippen molar-refractivity contribution in [1.29, 1.82) is 0 Å². The summed E-state index contributed by atoms with van der Waals surface area (Å²) >= 11 is 7.63. The van der Waals surface area contributed by atoms with Gasteiger partial charge in [-0.25, -0.2) is 4.39 Å². The lowest BCUT2D eigenvalue weighted by atomic mass is 10.1. The lowest BCUT2D eigenvalue weighted by Crippen LogP contribution is -2.16. The van der Waals surface area contributed by atoms with Crippen molar-refractivity contribution in [3.05, 3.63) is 45.5 Å². The van der Waals surface area contributed by atoms with Crippen molar-refractivity contribution in [2.45, 2.75) is 12.8 Å². The fourth-order valence-corrected chi connectivity index (χ4v) is 3.62. The minimum Gasteiger partial charge on any atom is -0.316 e. The topological polar surface area (TPSA) is 12.0 Å². The molecule has 2 heterocycles. The fourth-order valence-electron chi connectivity index (χ4n) is 2.23. The quantitative estimate of drug-likeness (QED) is 0.836.